The van der Waals surface area contributed by atoms with E-state index in [-0.39, 0.29) is 0 Å². The zero-order chi connectivity index (χ0) is 19.2. The molecule has 0 atom stereocenters. The fraction of sp³-hybridized carbons (Fsp3) is 0.364. The van der Waals surface area contributed by atoms with Crippen LogP contribution in [-0.4, -0.2) is 26.4 Å². The summed E-state index contributed by atoms with van der Waals surface area (Å²) in [5, 5.41) is 17.2. The first-order chi connectivity index (χ1) is 13.3. The Bertz CT molecular complexity index is 678. The number of rotatable bonds is 12. The highest BCUT2D eigenvalue weighted by molar-refractivity contribution is 5.28. The molecular weight excluding hydrogens is 340 g/mol. The van der Waals surface area contributed by atoms with E-state index in [0.717, 1.165) is 35.5 Å². The summed E-state index contributed by atoms with van der Waals surface area (Å²) in [6, 6.07) is 19.8. The fourth-order valence-corrected chi connectivity index (χ4v) is 2.44. The molecule has 0 unspecified atom stereocenters. The first-order valence-corrected chi connectivity index (χ1v) is 9.07. The van der Waals surface area contributed by atoms with E-state index < -0.39 is 0 Å². The van der Waals surface area contributed by atoms with Gasteiger partial charge in [0.15, 0.2) is 0 Å². The molecule has 2 aromatic carbocycles. The number of nitriles is 2. The van der Waals surface area contributed by atoms with Crippen molar-refractivity contribution < 1.29 is 14.2 Å². The molecule has 0 aliphatic heterocycles. The van der Waals surface area contributed by atoms with Crippen LogP contribution in [0, 0.1) is 22.7 Å². The number of aryl methyl sites for hydroxylation is 2. The average molecular weight is 364 g/mol. The van der Waals surface area contributed by atoms with Crippen molar-refractivity contribution in [3.63, 3.8) is 0 Å². The van der Waals surface area contributed by atoms with Crippen molar-refractivity contribution in [1.29, 1.82) is 10.5 Å². The third-order valence-corrected chi connectivity index (χ3v) is 3.89. The summed E-state index contributed by atoms with van der Waals surface area (Å²) < 4.78 is 16.8. The van der Waals surface area contributed by atoms with Crippen LogP contribution in [0.15, 0.2) is 48.5 Å². The summed E-state index contributed by atoms with van der Waals surface area (Å²) in [5.41, 5.74) is 2.27. The Morgan fingerprint density at radius 1 is 0.593 bits per heavy atom. The molecule has 0 fully saturated rings. The van der Waals surface area contributed by atoms with E-state index in [9.17, 15) is 0 Å². The Kier molecular flexibility index (Phi) is 9.28. The van der Waals surface area contributed by atoms with Gasteiger partial charge in [-0.15, -0.1) is 0 Å². The first-order valence-electron chi connectivity index (χ1n) is 9.07. The van der Waals surface area contributed by atoms with Gasteiger partial charge in [0.1, 0.15) is 24.7 Å². The molecule has 5 nitrogen and oxygen atoms in total. The zero-order valence-electron chi connectivity index (χ0n) is 15.4. The van der Waals surface area contributed by atoms with Crippen molar-refractivity contribution in [2.45, 2.75) is 25.7 Å². The first kappa shape index (κ1) is 20.3. The van der Waals surface area contributed by atoms with Gasteiger partial charge in [0, 0.05) is 12.8 Å². The van der Waals surface area contributed by atoms with Crippen LogP contribution >= 0.6 is 0 Å². The van der Waals surface area contributed by atoms with Gasteiger partial charge < -0.3 is 14.2 Å². The minimum absolute atomic E-state index is 0.477. The van der Waals surface area contributed by atoms with Crippen molar-refractivity contribution >= 4 is 0 Å². The quantitative estimate of drug-likeness (QED) is 0.531. The largest absolute Gasteiger partial charge is 0.491 e. The number of hydrogen-bond acceptors (Lipinski definition) is 5. The smallest absolute Gasteiger partial charge is 0.119 e. The van der Waals surface area contributed by atoms with E-state index in [0.29, 0.717) is 39.3 Å². The molecule has 0 spiro atoms. The normalized spacial score (nSPS) is 10.0. The third kappa shape index (κ3) is 8.27. The highest BCUT2D eigenvalue weighted by Gasteiger charge is 1.98. The van der Waals surface area contributed by atoms with Gasteiger partial charge in [0.2, 0.25) is 0 Å². The molecule has 2 rings (SSSR count). The monoisotopic (exact) mass is 364 g/mol. The molecule has 0 amide bonds. The fourth-order valence-electron chi connectivity index (χ4n) is 2.44. The lowest BCUT2D eigenvalue weighted by molar-refractivity contribution is 0.0764. The highest BCUT2D eigenvalue weighted by atomic mass is 16.5. The predicted octanol–water partition coefficient (Wildman–Crippen LogP) is 4.07. The van der Waals surface area contributed by atoms with Gasteiger partial charge in [-0.2, -0.15) is 10.5 Å². The Morgan fingerprint density at radius 2 is 1.00 bits per heavy atom. The van der Waals surface area contributed by atoms with Crippen LogP contribution in [0.25, 0.3) is 0 Å². The second-order valence-corrected chi connectivity index (χ2v) is 5.91. The van der Waals surface area contributed by atoms with Crippen molar-refractivity contribution in [2.75, 3.05) is 26.4 Å². The van der Waals surface area contributed by atoms with E-state index in [1.807, 2.05) is 48.5 Å². The summed E-state index contributed by atoms with van der Waals surface area (Å²) in [6.45, 7) is 1.94. The van der Waals surface area contributed by atoms with Crippen LogP contribution in [0.4, 0.5) is 0 Å². The summed E-state index contributed by atoms with van der Waals surface area (Å²) in [7, 11) is 0. The molecule has 0 bridgehead atoms. The lowest BCUT2D eigenvalue weighted by Gasteiger charge is -2.09. The molecule has 0 heterocycles. The van der Waals surface area contributed by atoms with Crippen molar-refractivity contribution in [2.24, 2.45) is 0 Å². The number of benzene rings is 2. The second-order valence-electron chi connectivity index (χ2n) is 5.91. The van der Waals surface area contributed by atoms with E-state index in [1.54, 1.807) is 0 Å². The standard InChI is InChI=1S/C22H24N2O3/c23-13-1-3-19-5-9-21(10-6-19)26-17-15-25-16-18-27-22-11-7-20(8-12-22)4-2-14-24/h5-12H,1-4,15-18H2. The van der Waals surface area contributed by atoms with E-state index in [2.05, 4.69) is 12.1 Å². The van der Waals surface area contributed by atoms with E-state index in [4.69, 9.17) is 24.7 Å². The molecular formula is C22H24N2O3. The third-order valence-electron chi connectivity index (χ3n) is 3.89. The second kappa shape index (κ2) is 12.4. The van der Waals surface area contributed by atoms with Crippen LogP contribution in [0.5, 0.6) is 11.5 Å². The number of hydrogen-bond donors (Lipinski definition) is 0. The molecule has 0 aliphatic carbocycles. The Hall–Kier alpha value is -3.02. The van der Waals surface area contributed by atoms with Crippen molar-refractivity contribution in [3.8, 4) is 23.6 Å². The number of ether oxygens (including phenoxy) is 3. The summed E-state index contributed by atoms with van der Waals surface area (Å²) in [6.07, 6.45) is 2.59. The number of nitrogens with zero attached hydrogens (tertiary/aromatic N) is 2. The van der Waals surface area contributed by atoms with E-state index >= 15 is 0 Å². The van der Waals surface area contributed by atoms with Gasteiger partial charge in [-0.1, -0.05) is 24.3 Å². The predicted molar refractivity (Wildman–Crippen MR) is 103 cm³/mol. The van der Waals surface area contributed by atoms with Gasteiger partial charge >= 0.3 is 0 Å². The lowest BCUT2D eigenvalue weighted by Crippen LogP contribution is -2.12. The molecule has 0 radical (unpaired) electrons. The molecule has 0 saturated carbocycles. The van der Waals surface area contributed by atoms with Crippen LogP contribution < -0.4 is 9.47 Å². The van der Waals surface area contributed by atoms with Crippen LogP contribution in [0.2, 0.25) is 0 Å². The molecule has 0 N–H and O–H groups in total. The molecule has 0 aliphatic rings. The summed E-state index contributed by atoms with van der Waals surface area (Å²) in [5.74, 6) is 1.60. The Balaban J connectivity index is 1.53. The molecule has 140 valence electrons. The Labute approximate surface area is 160 Å². The Morgan fingerprint density at radius 3 is 1.37 bits per heavy atom. The maximum Gasteiger partial charge on any atom is 0.119 e. The van der Waals surface area contributed by atoms with Crippen LogP contribution in [0.3, 0.4) is 0 Å². The molecule has 0 saturated heterocycles. The topological polar surface area (TPSA) is 75.3 Å². The zero-order valence-corrected chi connectivity index (χ0v) is 15.4. The maximum atomic E-state index is 8.58. The average Bonchev–Trinajstić information content (AvgIpc) is 2.71. The highest BCUT2D eigenvalue weighted by Crippen LogP contribution is 2.14. The van der Waals surface area contributed by atoms with E-state index in [1.165, 1.54) is 0 Å². The van der Waals surface area contributed by atoms with Gasteiger partial charge in [-0.05, 0) is 48.2 Å². The van der Waals surface area contributed by atoms with Gasteiger partial charge in [-0.25, -0.2) is 0 Å². The maximum absolute atomic E-state index is 8.58. The van der Waals surface area contributed by atoms with Crippen LogP contribution in [-0.2, 0) is 17.6 Å². The lowest BCUT2D eigenvalue weighted by atomic mass is 10.1. The minimum Gasteiger partial charge on any atom is -0.491 e. The summed E-state index contributed by atoms with van der Waals surface area (Å²) in [4.78, 5) is 0. The van der Waals surface area contributed by atoms with Crippen LogP contribution in [0.1, 0.15) is 24.0 Å². The van der Waals surface area contributed by atoms with Crippen molar-refractivity contribution in [1.82, 2.24) is 0 Å². The molecule has 2 aromatic rings. The van der Waals surface area contributed by atoms with Gasteiger partial charge in [-0.3, -0.25) is 0 Å². The van der Waals surface area contributed by atoms with Gasteiger partial charge in [0.05, 0.1) is 25.4 Å². The molecule has 0 aromatic heterocycles. The summed E-state index contributed by atoms with van der Waals surface area (Å²) >= 11 is 0. The molecule has 5 heteroatoms. The molecule has 27 heavy (non-hydrogen) atoms. The van der Waals surface area contributed by atoms with Crippen molar-refractivity contribution in [3.05, 3.63) is 59.7 Å². The van der Waals surface area contributed by atoms with Gasteiger partial charge in [0.25, 0.3) is 0 Å². The SMILES string of the molecule is N#CCCc1ccc(OCCOCCOc2ccc(CCC#N)cc2)cc1. The minimum atomic E-state index is 0.477.